The maximum absolute atomic E-state index is 12.4. The van der Waals surface area contributed by atoms with Crippen LogP contribution in [0.4, 0.5) is 0 Å². The van der Waals surface area contributed by atoms with E-state index in [4.69, 9.17) is 51.6 Å². The molecule has 27 nitrogen and oxygen atoms in total. The van der Waals surface area contributed by atoms with Crippen molar-refractivity contribution in [1.29, 1.82) is 0 Å². The first kappa shape index (κ1) is 66.1. The zero-order valence-corrected chi connectivity index (χ0v) is 49.0. The summed E-state index contributed by atoms with van der Waals surface area (Å²) in [6, 6.07) is 0. The maximum atomic E-state index is 12.4. The Balaban J connectivity index is 0.973. The summed E-state index contributed by atoms with van der Waals surface area (Å²) in [5.74, 6) is -0.559. The van der Waals surface area contributed by atoms with Crippen LogP contribution in [-0.4, -0.2) is 258 Å². The van der Waals surface area contributed by atoms with Gasteiger partial charge in [0.25, 0.3) is 0 Å². The molecule has 9 aliphatic rings. The van der Waals surface area contributed by atoms with Crippen molar-refractivity contribution in [3.63, 3.8) is 0 Å². The molecule has 3 saturated carbocycles. The van der Waals surface area contributed by atoms with E-state index in [2.05, 4.69) is 33.8 Å². The molecule has 0 aromatic rings. The Kier molecular flexibility index (Phi) is 20.3. The van der Waals surface area contributed by atoms with E-state index in [1.165, 1.54) is 20.8 Å². The van der Waals surface area contributed by atoms with Crippen molar-refractivity contribution in [2.24, 2.45) is 40.4 Å². The zero-order chi connectivity index (χ0) is 60.7. The van der Waals surface area contributed by atoms with E-state index in [1.54, 1.807) is 6.92 Å². The van der Waals surface area contributed by atoms with Crippen molar-refractivity contribution >= 4 is 10.4 Å². The van der Waals surface area contributed by atoms with Crippen molar-refractivity contribution < 1.29 is 131 Å². The van der Waals surface area contributed by atoms with Crippen LogP contribution in [0, 0.1) is 40.4 Å². The van der Waals surface area contributed by atoms with Gasteiger partial charge >= 0.3 is 10.4 Å². The van der Waals surface area contributed by atoms with E-state index in [1.807, 2.05) is 0 Å². The molecule has 0 spiro atoms. The number of ether oxygens (including phenoxy) is 10. The number of hydrogen-bond acceptors (Lipinski definition) is 26. The van der Waals surface area contributed by atoms with Crippen molar-refractivity contribution in [3.05, 3.63) is 11.6 Å². The minimum absolute atomic E-state index is 0.00555. The van der Waals surface area contributed by atoms with E-state index in [9.17, 15) is 79.4 Å². The highest BCUT2D eigenvalue weighted by atomic mass is 32.3. The van der Waals surface area contributed by atoms with Gasteiger partial charge in [-0.1, -0.05) is 39.3 Å². The first-order chi connectivity index (χ1) is 38.8. The van der Waals surface area contributed by atoms with Crippen LogP contribution in [0.25, 0.3) is 0 Å². The van der Waals surface area contributed by atoms with E-state index >= 15 is 0 Å². The molecule has 8 fully saturated rings. The summed E-state index contributed by atoms with van der Waals surface area (Å²) in [4.78, 5) is 0. The first-order valence-electron chi connectivity index (χ1n) is 29.5. The van der Waals surface area contributed by atoms with Crippen LogP contribution in [-0.2, 0) is 62.0 Å². The topological polar surface area (TPSA) is 419 Å². The third kappa shape index (κ3) is 13.0. The van der Waals surface area contributed by atoms with Crippen LogP contribution in [0.15, 0.2) is 11.6 Å². The highest BCUT2D eigenvalue weighted by Gasteiger charge is 2.64. The largest absolute Gasteiger partial charge is 0.397 e. The summed E-state index contributed by atoms with van der Waals surface area (Å²) >= 11 is 0. The quantitative estimate of drug-likeness (QED) is 0.0541. The Labute approximate surface area is 483 Å². The lowest BCUT2D eigenvalue weighted by molar-refractivity contribution is -0.394. The zero-order valence-electron chi connectivity index (χ0n) is 48.2. The lowest BCUT2D eigenvalue weighted by Crippen LogP contribution is -2.66. The van der Waals surface area contributed by atoms with Crippen LogP contribution in [0.5, 0.6) is 0 Å². The third-order valence-corrected chi connectivity index (χ3v) is 20.9. The van der Waals surface area contributed by atoms with Gasteiger partial charge in [0.2, 0.25) is 0 Å². The average Bonchev–Trinajstić information content (AvgIpc) is 2.34. The Morgan fingerprint density at radius 3 is 1.73 bits per heavy atom. The highest BCUT2D eigenvalue weighted by Crippen LogP contribution is 2.67. The fourth-order valence-electron chi connectivity index (χ4n) is 15.4. The number of aliphatic hydroxyl groups excluding tert-OH is 12. The standard InChI is InChI=1S/C55H92O27S/c1-21(2)9-12-34(57)55(8,68)33-11-10-27-26-18-31(29-17-25(82-83(69,70)71)13-15-53(29,6)28(26)14-16-54(27,33)7)77-50-44(67)45(37(60)24(5)76-50)79-52-47(81-49-43(66)41(64)36(59)23(4)75-49)39(62)32(20-73-52)78-51-46(38(61)30(56)19-72-51)80-48-42(65)40(63)35(58)22(3)74-48/h14,21-27,29-52,56-68H,9-13,15-20H2,1-8H3,(H,69,70,71)/t22?,23?,24?,25-,26?,27?,29?,30?,31-,32?,33-,34-,35?,36?,37?,38?,39?,40?,41?,42?,43?,44?,45?,46?,47?,48?,49?,50?,51?,52?,53+,54-,55+/m0/s1. The second kappa shape index (κ2) is 25.5. The lowest BCUT2D eigenvalue weighted by Gasteiger charge is -2.60. The van der Waals surface area contributed by atoms with Crippen molar-refractivity contribution in [1.82, 2.24) is 0 Å². The molecular weight excluding hydrogens is 1120 g/mol. The normalized spacial score (nSPS) is 51.7. The lowest BCUT2D eigenvalue weighted by atomic mass is 9.47. The number of hydrogen-bond donors (Lipinski definition) is 14. The summed E-state index contributed by atoms with van der Waals surface area (Å²) in [5, 5.41) is 146. The Morgan fingerprint density at radius 1 is 0.614 bits per heavy atom. The second-order valence-corrected chi connectivity index (χ2v) is 27.3. The van der Waals surface area contributed by atoms with Gasteiger partial charge in [0, 0.05) is 0 Å². The predicted molar refractivity (Wildman–Crippen MR) is 281 cm³/mol. The van der Waals surface area contributed by atoms with Gasteiger partial charge in [-0.3, -0.25) is 4.55 Å². The van der Waals surface area contributed by atoms with Gasteiger partial charge in [0.1, 0.15) is 91.6 Å². The van der Waals surface area contributed by atoms with Crippen LogP contribution in [0.1, 0.15) is 113 Å². The molecule has 0 aromatic carbocycles. The van der Waals surface area contributed by atoms with Gasteiger partial charge in [-0.15, -0.1) is 0 Å². The number of allylic oxidation sites excluding steroid dienone is 2. The molecule has 0 amide bonds. The van der Waals surface area contributed by atoms with E-state index < -0.39 is 206 Å². The summed E-state index contributed by atoms with van der Waals surface area (Å²) in [6.45, 7) is 13.3. The second-order valence-electron chi connectivity index (χ2n) is 26.3. The van der Waals surface area contributed by atoms with E-state index in [0.717, 1.165) is 18.4 Å². The van der Waals surface area contributed by atoms with E-state index in [-0.39, 0.29) is 30.6 Å². The first-order valence-corrected chi connectivity index (χ1v) is 30.9. The van der Waals surface area contributed by atoms with Crippen LogP contribution in [0.2, 0.25) is 0 Å². The smallest absolute Gasteiger partial charge is 0.390 e. The van der Waals surface area contributed by atoms with Crippen molar-refractivity contribution in [2.75, 3.05) is 13.2 Å². The van der Waals surface area contributed by atoms with Gasteiger partial charge in [-0.2, -0.15) is 8.42 Å². The molecule has 26 unspecified atom stereocenters. The predicted octanol–water partition coefficient (Wildman–Crippen LogP) is -2.25. The molecule has 83 heavy (non-hydrogen) atoms. The molecule has 0 radical (unpaired) electrons. The molecular formula is C55H92O27S. The SMILES string of the molecule is CC(C)CC[C@H](O)[C@](C)(O)[C@H]1CCC2C3C[C@H](OC4OC(C)C(O)C(OC5OCC(OC6OCC(O)C(O)C6OC6OC(C)C(O)C(O)C6O)C(O)C5OC5OC(C)C(O)C(O)C5O)C4O)C4C[C@@H](OS(=O)(=O)O)CC[C@]4(C)C3=CC[C@@]21C. The van der Waals surface area contributed by atoms with Crippen LogP contribution < -0.4 is 0 Å². The Bertz CT molecular complexity index is 2320. The van der Waals surface area contributed by atoms with E-state index in [0.29, 0.717) is 38.0 Å². The third-order valence-electron chi connectivity index (χ3n) is 20.4. The summed E-state index contributed by atoms with van der Waals surface area (Å²) in [6.07, 6.45) is -33.9. The highest BCUT2D eigenvalue weighted by molar-refractivity contribution is 7.80. The summed E-state index contributed by atoms with van der Waals surface area (Å²) in [5.41, 5.74) is -1.33. The fraction of sp³-hybridized carbons (Fsp3) is 0.964. The number of rotatable bonds is 17. The van der Waals surface area contributed by atoms with Gasteiger partial charge < -0.3 is 114 Å². The summed E-state index contributed by atoms with van der Waals surface area (Å²) < 4.78 is 100. The molecule has 4 aliphatic carbocycles. The number of fused-ring (bicyclic) bond motifs is 5. The molecule has 5 aliphatic heterocycles. The minimum Gasteiger partial charge on any atom is -0.390 e. The molecule has 5 saturated heterocycles. The molecule has 14 N–H and O–H groups in total. The molecule has 0 aromatic heterocycles. The van der Waals surface area contributed by atoms with Gasteiger partial charge in [0.05, 0.1) is 55.4 Å². The Hall–Kier alpha value is -1.31. The van der Waals surface area contributed by atoms with Crippen LogP contribution in [0.3, 0.4) is 0 Å². The molecule has 480 valence electrons. The Morgan fingerprint density at radius 2 is 1.14 bits per heavy atom. The van der Waals surface area contributed by atoms with Gasteiger partial charge in [0.15, 0.2) is 31.5 Å². The summed E-state index contributed by atoms with van der Waals surface area (Å²) in [7, 11) is -4.87. The monoisotopic (exact) mass is 1220 g/mol. The maximum Gasteiger partial charge on any atom is 0.397 e. The van der Waals surface area contributed by atoms with Gasteiger partial charge in [-0.25, -0.2) is 4.18 Å². The molecule has 5 heterocycles. The van der Waals surface area contributed by atoms with Crippen LogP contribution >= 0.6 is 0 Å². The van der Waals surface area contributed by atoms with Gasteiger partial charge in [-0.05, 0) is 126 Å². The fourth-order valence-corrected chi connectivity index (χ4v) is 15.9. The molecule has 28 heteroatoms. The van der Waals surface area contributed by atoms with Crippen molar-refractivity contribution in [2.45, 2.75) is 278 Å². The average molecular weight is 1220 g/mol. The number of aliphatic hydroxyl groups is 13. The molecule has 9 rings (SSSR count). The minimum atomic E-state index is -4.87. The van der Waals surface area contributed by atoms with Crippen molar-refractivity contribution in [3.8, 4) is 0 Å². The molecule has 33 atom stereocenters. The molecule has 0 bridgehead atoms.